The summed E-state index contributed by atoms with van der Waals surface area (Å²) in [5.41, 5.74) is 11.0. The van der Waals surface area contributed by atoms with E-state index in [1.807, 2.05) is 0 Å². The van der Waals surface area contributed by atoms with Crippen LogP contribution in [0.1, 0.15) is 103 Å². The largest absolute Gasteiger partial charge is 0.481 e. The molecule has 76 heavy (non-hydrogen) atoms. The molecule has 2 aliphatic heterocycles. The molecule has 0 unspecified atom stereocenters. The zero-order valence-corrected chi connectivity index (χ0v) is 41.5. The first kappa shape index (κ1) is 64.5. The van der Waals surface area contributed by atoms with Gasteiger partial charge in [-0.1, -0.05) is 12.8 Å². The number of hydrogen-bond donors (Lipinski definition) is 18. The Morgan fingerprint density at radius 1 is 0.421 bits per heavy atom. The van der Waals surface area contributed by atoms with Crippen LogP contribution in [0.5, 0.6) is 0 Å². The molecule has 0 aromatic rings. The lowest BCUT2D eigenvalue weighted by molar-refractivity contribution is -0.143. The van der Waals surface area contributed by atoms with Crippen LogP contribution in [0.2, 0.25) is 0 Å². The topological polar surface area (TPSA) is 533 Å². The highest BCUT2D eigenvalue weighted by Crippen LogP contribution is 2.13. The fraction of sp³-hybridized carbons (Fsp3) is 0.682. The van der Waals surface area contributed by atoms with Gasteiger partial charge in [0.1, 0.15) is 60.4 Å². The number of aliphatic hydroxyl groups is 2. The minimum atomic E-state index is -2.01. The van der Waals surface area contributed by atoms with Crippen LogP contribution in [0.3, 0.4) is 0 Å². The fourth-order valence-electron chi connectivity index (χ4n) is 7.69. The maximum atomic E-state index is 13.8. The molecular formula is C44H70N12O20. The van der Waals surface area contributed by atoms with Crippen LogP contribution in [-0.2, 0) is 67.1 Å². The second-order valence-corrected chi connectivity index (χ2v) is 17.9. The van der Waals surface area contributed by atoms with Gasteiger partial charge in [-0.25, -0.2) is 9.59 Å². The van der Waals surface area contributed by atoms with Crippen LogP contribution in [0, 0.1) is 0 Å². The van der Waals surface area contributed by atoms with Crippen molar-refractivity contribution in [2.45, 2.75) is 163 Å². The molecule has 0 aromatic carbocycles. The third-order valence-corrected chi connectivity index (χ3v) is 11.9. The highest BCUT2D eigenvalue weighted by molar-refractivity contribution is 5.99. The Morgan fingerprint density at radius 3 is 0.974 bits per heavy atom. The number of nitrogens with two attached hydrogens (primary N) is 2. The van der Waals surface area contributed by atoms with Gasteiger partial charge in [0.25, 0.3) is 0 Å². The highest BCUT2D eigenvalue weighted by atomic mass is 16.4. The van der Waals surface area contributed by atoms with Crippen LogP contribution in [0.4, 0.5) is 0 Å². The second kappa shape index (κ2) is 33.4. The number of hydrogen-bond acceptors (Lipinski definition) is 18. The van der Waals surface area contributed by atoms with Crippen molar-refractivity contribution < 1.29 is 97.8 Å². The molecule has 2 saturated heterocycles. The lowest BCUT2D eigenvalue weighted by Crippen LogP contribution is -2.59. The van der Waals surface area contributed by atoms with Crippen molar-refractivity contribution in [1.82, 2.24) is 53.2 Å². The maximum Gasteiger partial charge on any atom is 0.326 e. The van der Waals surface area contributed by atoms with E-state index >= 15 is 0 Å². The van der Waals surface area contributed by atoms with Gasteiger partial charge in [0.05, 0.1) is 26.1 Å². The SMILES string of the molecule is NCCCC[C@H](NC(=O)[C@H](CCCC[C@H](NC(=O)[C@H](CC(=O)O)NC(=O)[C@H](CO)NC(=O)[C@@H]1CCC(=O)N1)C(=O)N[C@@H](CCCCN)C(=O)O)NC(=O)[C@H](CC(=O)O)NC(=O)[C@H](CO)NC(=O)[C@@H]1CCC(=O)N1)C(=O)O. The van der Waals surface area contributed by atoms with Gasteiger partial charge in [0.15, 0.2) is 0 Å². The van der Waals surface area contributed by atoms with Crippen molar-refractivity contribution in [3.8, 4) is 0 Å². The van der Waals surface area contributed by atoms with E-state index in [1.54, 1.807) is 0 Å². The molecule has 32 nitrogen and oxygen atoms in total. The first-order valence-corrected chi connectivity index (χ1v) is 24.5. The normalized spacial score (nSPS) is 18.0. The number of rotatable bonds is 37. The average molecular weight is 1090 g/mol. The number of amides is 10. The number of carbonyl (C=O) groups excluding carboxylic acids is 10. The van der Waals surface area contributed by atoms with Gasteiger partial charge < -0.3 is 95.3 Å². The Hall–Kier alpha value is -7.58. The van der Waals surface area contributed by atoms with E-state index < -0.39 is 182 Å². The number of nitrogens with one attached hydrogen (secondary N) is 10. The Bertz CT molecular complexity index is 1970. The molecule has 32 heteroatoms. The van der Waals surface area contributed by atoms with Crippen molar-refractivity contribution in [3.05, 3.63) is 0 Å². The molecule has 10 amide bonds. The molecule has 2 heterocycles. The molecule has 0 radical (unpaired) electrons. The van der Waals surface area contributed by atoms with Crippen LogP contribution in [-0.4, -0.2) is 200 Å². The van der Waals surface area contributed by atoms with Crippen LogP contribution < -0.4 is 64.6 Å². The maximum absolute atomic E-state index is 13.8. The predicted octanol–water partition coefficient (Wildman–Crippen LogP) is -7.66. The van der Waals surface area contributed by atoms with Gasteiger partial charge in [-0.05, 0) is 77.3 Å². The summed E-state index contributed by atoms with van der Waals surface area (Å²) in [4.78, 5) is 178. The molecule has 0 bridgehead atoms. The number of aliphatic hydroxyl groups excluding tert-OH is 2. The van der Waals surface area contributed by atoms with Gasteiger partial charge in [-0.15, -0.1) is 0 Å². The summed E-state index contributed by atoms with van der Waals surface area (Å²) in [6, 6.07) is -16.2. The molecule has 0 saturated carbocycles. The molecule has 10 atom stereocenters. The summed E-state index contributed by atoms with van der Waals surface area (Å²) in [5, 5.41) is 81.2. The molecule has 2 rings (SSSR count). The van der Waals surface area contributed by atoms with Crippen molar-refractivity contribution >= 4 is 82.9 Å². The highest BCUT2D eigenvalue weighted by Gasteiger charge is 2.37. The number of carboxylic acids is 4. The van der Waals surface area contributed by atoms with E-state index in [9.17, 15) is 97.8 Å². The number of aliphatic carboxylic acids is 4. The third-order valence-electron chi connectivity index (χ3n) is 11.9. The standard InChI is InChI=1S/C44H70N12O20/c45-15-5-3-9-25(43(73)74)51-35(65)21(49-39(69)27(17-33(61)62)53-41(71)29(19-57)55-37(67)23-11-13-31(59)47-23)7-1-2-8-22(36(66)52-26(44(75)76)10-4-6-16-46)50-40(70)28(18-34(63)64)54-42(72)30(20-58)56-38(68)24-12-14-32(60)48-24/h21-30,57-58H,1-20,45-46H2,(H,47,59)(H,48,60)(H,49,69)(H,50,70)(H,51,65)(H,52,66)(H,53,71)(H,54,72)(H,55,67)(H,56,68)(H,61,62)(H,63,64)(H,73,74)(H,75,76)/t21-,22-,23-,24-,25-,26-,27-,28-,29-,30-/m0/s1. The zero-order chi connectivity index (χ0) is 57.1. The smallest absolute Gasteiger partial charge is 0.326 e. The minimum Gasteiger partial charge on any atom is -0.481 e. The fourth-order valence-corrected chi connectivity index (χ4v) is 7.69. The Morgan fingerprint density at radius 2 is 0.697 bits per heavy atom. The van der Waals surface area contributed by atoms with Crippen LogP contribution in [0.15, 0.2) is 0 Å². The van der Waals surface area contributed by atoms with E-state index in [0.717, 1.165) is 0 Å². The molecule has 20 N–H and O–H groups in total. The van der Waals surface area contributed by atoms with Crippen molar-refractivity contribution in [2.24, 2.45) is 11.5 Å². The van der Waals surface area contributed by atoms with Gasteiger partial charge in [-0.3, -0.25) is 57.5 Å². The van der Waals surface area contributed by atoms with Gasteiger partial charge in [0.2, 0.25) is 59.1 Å². The summed E-state index contributed by atoms with van der Waals surface area (Å²) >= 11 is 0. The van der Waals surface area contributed by atoms with E-state index in [1.165, 1.54) is 0 Å². The van der Waals surface area contributed by atoms with Crippen molar-refractivity contribution in [2.75, 3.05) is 26.3 Å². The summed E-state index contributed by atoms with van der Waals surface area (Å²) in [6.07, 6.45) is -2.55. The van der Waals surface area contributed by atoms with Crippen LogP contribution >= 0.6 is 0 Å². The lowest BCUT2D eigenvalue weighted by Gasteiger charge is -2.26. The monoisotopic (exact) mass is 1090 g/mol. The molecule has 0 spiro atoms. The van der Waals surface area contributed by atoms with Crippen molar-refractivity contribution in [1.29, 1.82) is 0 Å². The minimum absolute atomic E-state index is 0.000943. The number of carboxylic acid groups (broad SMARTS) is 4. The summed E-state index contributed by atoms with van der Waals surface area (Å²) in [7, 11) is 0. The average Bonchev–Trinajstić information content (AvgIpc) is 4.01. The van der Waals surface area contributed by atoms with E-state index in [-0.39, 0.29) is 77.3 Å². The quantitative estimate of drug-likeness (QED) is 0.0257. The molecule has 0 aromatic heterocycles. The molecule has 2 fully saturated rings. The van der Waals surface area contributed by atoms with Gasteiger partial charge in [-0.2, -0.15) is 0 Å². The summed E-state index contributed by atoms with van der Waals surface area (Å²) in [5.74, 6) is -16.4. The Balaban J connectivity index is 2.44. The van der Waals surface area contributed by atoms with E-state index in [0.29, 0.717) is 12.8 Å². The molecular weight excluding hydrogens is 1020 g/mol. The zero-order valence-electron chi connectivity index (χ0n) is 41.5. The van der Waals surface area contributed by atoms with Gasteiger partial charge in [0, 0.05) is 12.8 Å². The Kier molecular flexibility index (Phi) is 28.3. The first-order chi connectivity index (χ1) is 35.9. The number of unbranched alkanes of at least 4 members (excludes halogenated alkanes) is 3. The first-order valence-electron chi connectivity index (χ1n) is 24.5. The van der Waals surface area contributed by atoms with E-state index in [4.69, 9.17) is 11.5 Å². The summed E-state index contributed by atoms with van der Waals surface area (Å²) < 4.78 is 0. The second-order valence-electron chi connectivity index (χ2n) is 17.9. The van der Waals surface area contributed by atoms with Crippen molar-refractivity contribution in [3.63, 3.8) is 0 Å². The summed E-state index contributed by atoms with van der Waals surface area (Å²) in [6.45, 7) is -1.75. The van der Waals surface area contributed by atoms with E-state index in [2.05, 4.69) is 53.2 Å². The van der Waals surface area contributed by atoms with Gasteiger partial charge >= 0.3 is 23.9 Å². The predicted molar refractivity (Wildman–Crippen MR) is 256 cm³/mol. The van der Waals surface area contributed by atoms with Crippen LogP contribution in [0.25, 0.3) is 0 Å². The lowest BCUT2D eigenvalue weighted by atomic mass is 10.0. The molecule has 0 aliphatic carbocycles. The third kappa shape index (κ3) is 22.9. The number of carbonyl (C=O) groups is 14. The molecule has 2 aliphatic rings. The Labute approximate surface area is 434 Å². The molecule has 426 valence electrons.